The second-order valence-electron chi connectivity index (χ2n) is 7.17. The molecule has 1 fully saturated rings. The van der Waals surface area contributed by atoms with Gasteiger partial charge in [0.05, 0.1) is 13.2 Å². The van der Waals surface area contributed by atoms with Crippen LogP contribution < -0.4 is 11.2 Å². The van der Waals surface area contributed by atoms with Crippen molar-refractivity contribution in [2.45, 2.75) is 37.0 Å². The van der Waals surface area contributed by atoms with Gasteiger partial charge in [-0.25, -0.2) is 13.7 Å². The highest BCUT2D eigenvalue weighted by Gasteiger charge is 2.45. The van der Waals surface area contributed by atoms with Crippen molar-refractivity contribution >= 4 is 16.1 Å². The molecule has 0 saturated carbocycles. The Morgan fingerprint density at radius 1 is 1.15 bits per heavy atom. The van der Waals surface area contributed by atoms with E-state index in [0.717, 1.165) is 24.4 Å². The molecular weight excluding hydrogens is 508 g/mol. The first kappa shape index (κ1) is 26.5. The van der Waals surface area contributed by atoms with Gasteiger partial charge in [-0.05, 0) is 0 Å². The molecule has 1 aliphatic heterocycles. The number of ether oxygens (including phenoxy) is 1. The summed E-state index contributed by atoms with van der Waals surface area (Å²) in [5.41, 5.74) is -2.78. The Bertz CT molecular complexity index is 1210. The minimum atomic E-state index is -5.00. The van der Waals surface area contributed by atoms with Crippen molar-refractivity contribution in [3.8, 4) is 0 Å². The summed E-state index contributed by atoms with van der Waals surface area (Å²) in [6.07, 6.45) is -6.01. The fourth-order valence-electron chi connectivity index (χ4n) is 3.23. The zero-order valence-electron chi connectivity index (χ0n) is 17.0. The number of aliphatic hydroxyl groups excluding tert-OH is 2. The van der Waals surface area contributed by atoms with Gasteiger partial charge >= 0.3 is 21.8 Å². The molecule has 1 saturated heterocycles. The molecule has 5 unspecified atom stereocenters. The van der Waals surface area contributed by atoms with E-state index in [1.165, 1.54) is 18.2 Å². The van der Waals surface area contributed by atoms with Crippen LogP contribution in [0.5, 0.6) is 0 Å². The van der Waals surface area contributed by atoms with Gasteiger partial charge < -0.3 is 24.7 Å². The van der Waals surface area contributed by atoms with Crippen LogP contribution in [0.15, 0.2) is 52.2 Å². The molecule has 13 nitrogen and oxygen atoms in total. The third-order valence-corrected chi connectivity index (χ3v) is 6.88. The number of phosphoric ester groups is 1. The maximum atomic E-state index is 14.7. The summed E-state index contributed by atoms with van der Waals surface area (Å²) in [5, 5.41) is 20.4. The van der Waals surface area contributed by atoms with Crippen LogP contribution in [0.25, 0.3) is 0 Å². The molecule has 4 N–H and O–H groups in total. The van der Waals surface area contributed by atoms with E-state index in [-0.39, 0.29) is 4.57 Å². The number of halogens is 2. The maximum Gasteiger partial charge on any atom is 0.479 e. The topological polar surface area (TPSA) is 187 Å². The lowest BCUT2D eigenvalue weighted by molar-refractivity contribution is -0.0567. The summed E-state index contributed by atoms with van der Waals surface area (Å²) >= 11 is 0. The first-order valence-corrected chi connectivity index (χ1v) is 12.2. The Kier molecular flexibility index (Phi) is 8.03. The average molecular weight is 528 g/mol. The van der Waals surface area contributed by atoms with Gasteiger partial charge in [0.15, 0.2) is 6.23 Å². The molecule has 3 rings (SSSR count). The molecule has 2 aromatic rings. The molecule has 34 heavy (non-hydrogen) atoms. The van der Waals surface area contributed by atoms with E-state index in [1.54, 1.807) is 0 Å². The lowest BCUT2D eigenvalue weighted by atomic mass is 10.1. The van der Waals surface area contributed by atoms with Crippen LogP contribution in [-0.2, 0) is 35.2 Å². The minimum absolute atomic E-state index is 0.230. The van der Waals surface area contributed by atoms with E-state index in [0.29, 0.717) is 4.57 Å². The Labute approximate surface area is 189 Å². The zero-order chi connectivity index (χ0) is 25.3. The molecule has 0 bridgehead atoms. The molecule has 188 valence electrons. The summed E-state index contributed by atoms with van der Waals surface area (Å²) in [6.45, 7) is -2.24. The van der Waals surface area contributed by atoms with Crippen LogP contribution in [0, 0.1) is 0 Å². The van der Waals surface area contributed by atoms with Gasteiger partial charge in [-0.2, -0.15) is 8.78 Å². The molecule has 0 spiro atoms. The Morgan fingerprint density at radius 2 is 1.79 bits per heavy atom. The first-order valence-electron chi connectivity index (χ1n) is 9.49. The molecular formula is C17H20F2N2O11P2. The number of alkyl halides is 2. The van der Waals surface area contributed by atoms with Crippen molar-refractivity contribution in [3.05, 3.63) is 69.0 Å². The minimum Gasteiger partial charge on any atom is -0.387 e. The number of aromatic nitrogens is 2. The fourth-order valence-corrected chi connectivity index (χ4v) is 4.57. The number of nitrogens with zero attached hydrogens (tertiary/aromatic N) is 2. The normalized spacial score (nSPS) is 25.7. The number of benzene rings is 1. The van der Waals surface area contributed by atoms with Crippen LogP contribution >= 0.6 is 16.1 Å². The number of phosphoric acid groups is 1. The summed E-state index contributed by atoms with van der Waals surface area (Å²) in [4.78, 5) is 42.8. The third-order valence-electron chi connectivity index (χ3n) is 4.86. The largest absolute Gasteiger partial charge is 0.479 e. The van der Waals surface area contributed by atoms with Crippen LogP contribution in [0.2, 0.25) is 0 Å². The molecule has 0 aliphatic carbocycles. The third kappa shape index (κ3) is 5.95. The summed E-state index contributed by atoms with van der Waals surface area (Å²) in [6, 6.07) is 7.25. The van der Waals surface area contributed by atoms with Crippen molar-refractivity contribution in [1.29, 1.82) is 0 Å². The van der Waals surface area contributed by atoms with Crippen LogP contribution in [0.3, 0.4) is 0 Å². The van der Waals surface area contributed by atoms with Crippen molar-refractivity contribution < 1.29 is 51.5 Å². The van der Waals surface area contributed by atoms with Gasteiger partial charge in [0.25, 0.3) is 11.5 Å². The van der Waals surface area contributed by atoms with Crippen molar-refractivity contribution in [3.63, 3.8) is 0 Å². The quantitative estimate of drug-likeness (QED) is 0.319. The fraction of sp³-hybridized carbons (Fsp3) is 0.412. The molecule has 1 aliphatic rings. The average Bonchev–Trinajstić information content (AvgIpc) is 3.03. The summed E-state index contributed by atoms with van der Waals surface area (Å²) in [7, 11) is -8.85. The van der Waals surface area contributed by atoms with Crippen LogP contribution in [-0.4, -0.2) is 54.1 Å². The predicted octanol–water partition coefficient (Wildman–Crippen LogP) is -0.0632. The summed E-state index contributed by atoms with van der Waals surface area (Å²) in [5.74, 6) is -3.61. The molecule has 0 radical (unpaired) electrons. The van der Waals surface area contributed by atoms with Crippen molar-refractivity contribution in [1.82, 2.24) is 9.13 Å². The molecule has 17 heteroatoms. The van der Waals surface area contributed by atoms with Crippen LogP contribution in [0.1, 0.15) is 11.8 Å². The summed E-state index contributed by atoms with van der Waals surface area (Å²) < 4.78 is 65.8. The monoisotopic (exact) mass is 528 g/mol. The van der Waals surface area contributed by atoms with E-state index >= 15 is 0 Å². The first-order chi connectivity index (χ1) is 15.8. The molecule has 6 atom stereocenters. The maximum absolute atomic E-state index is 14.7. The Hall–Kier alpha value is -2.06. The van der Waals surface area contributed by atoms with Gasteiger partial charge in [-0.3, -0.25) is 23.0 Å². The molecule has 1 aromatic carbocycles. The highest BCUT2D eigenvalue weighted by Crippen LogP contribution is 2.51. The smallest absolute Gasteiger partial charge is 0.387 e. The van der Waals surface area contributed by atoms with Gasteiger partial charge in [-0.1, -0.05) is 30.3 Å². The Morgan fingerprint density at radius 3 is 2.41 bits per heavy atom. The van der Waals surface area contributed by atoms with E-state index < -0.39 is 76.5 Å². The number of hydrogen-bond acceptors (Lipinski definition) is 9. The lowest BCUT2D eigenvalue weighted by Crippen LogP contribution is -2.45. The lowest BCUT2D eigenvalue weighted by Gasteiger charge is -2.21. The second kappa shape index (κ2) is 10.3. The number of hydrogen-bond donors (Lipinski definition) is 4. The predicted molar refractivity (Wildman–Crippen MR) is 109 cm³/mol. The molecule has 1 aromatic heterocycles. The number of aliphatic hydroxyl groups is 2. The van der Waals surface area contributed by atoms with Gasteiger partial charge in [0, 0.05) is 17.8 Å². The van der Waals surface area contributed by atoms with E-state index in [4.69, 9.17) is 9.63 Å². The van der Waals surface area contributed by atoms with E-state index in [9.17, 15) is 42.6 Å². The zero-order valence-corrected chi connectivity index (χ0v) is 18.9. The van der Waals surface area contributed by atoms with Crippen molar-refractivity contribution in [2.24, 2.45) is 0 Å². The van der Waals surface area contributed by atoms with Gasteiger partial charge in [0.2, 0.25) is 0 Å². The van der Waals surface area contributed by atoms with Gasteiger partial charge in [-0.15, -0.1) is 0 Å². The van der Waals surface area contributed by atoms with E-state index in [1.807, 2.05) is 0 Å². The van der Waals surface area contributed by atoms with Crippen molar-refractivity contribution in [2.75, 3.05) is 6.61 Å². The Balaban J connectivity index is 1.83. The van der Waals surface area contributed by atoms with E-state index in [2.05, 4.69) is 8.83 Å². The number of rotatable bonds is 9. The SMILES string of the molecule is O=c1ccn(C2OC(COP(=O)(O)O[PH](=O)O)C(O)[C@@H]2O)c(=O)n1CC(F)(F)c1ccccc1. The molecule has 2 heterocycles. The highest BCUT2D eigenvalue weighted by atomic mass is 31.2. The van der Waals surface area contributed by atoms with Gasteiger partial charge in [0.1, 0.15) is 18.3 Å². The molecule has 0 amide bonds. The standard InChI is InChI=1S/C17H20F2N2O11P2/c18-17(19,10-4-2-1-3-5-10)9-21-12(22)6-7-20(16(21)25)15-14(24)13(23)11(31-15)8-30-34(28,29)32-33(26)27/h1-7,11,13-15,23-24,33H,8-9H2,(H,26,27)(H,28,29)/t11?,13?,14-,15?/m0/s1. The second-order valence-corrected chi connectivity index (χ2v) is 9.63. The van der Waals surface area contributed by atoms with Crippen LogP contribution in [0.4, 0.5) is 8.78 Å². The highest BCUT2D eigenvalue weighted by molar-refractivity contribution is 7.55.